The highest BCUT2D eigenvalue weighted by Gasteiger charge is 2.12. The van der Waals surface area contributed by atoms with Crippen LogP contribution in [0, 0.1) is 0 Å². The quantitative estimate of drug-likeness (QED) is 0.532. The van der Waals surface area contributed by atoms with E-state index in [0.29, 0.717) is 17.2 Å². The first-order valence-electron chi connectivity index (χ1n) is 4.81. The zero-order chi connectivity index (χ0) is 11.8. The Kier molecular flexibility index (Phi) is 1.87. The summed E-state index contributed by atoms with van der Waals surface area (Å²) in [6, 6.07) is 3.66. The average molecular weight is 228 g/mol. The van der Waals surface area contributed by atoms with Crippen LogP contribution in [0.25, 0.3) is 22.6 Å². The minimum Gasteiger partial charge on any atom is -0.381 e. The third-order valence-corrected chi connectivity index (χ3v) is 2.29. The van der Waals surface area contributed by atoms with E-state index in [-0.39, 0.29) is 11.6 Å². The summed E-state index contributed by atoms with van der Waals surface area (Å²) in [5.41, 5.74) is 12.2. The van der Waals surface area contributed by atoms with E-state index in [1.165, 1.54) is 0 Å². The van der Waals surface area contributed by atoms with Crippen LogP contribution in [0.3, 0.4) is 0 Å². The molecular formula is C9H8N8. The molecule has 0 aliphatic carbocycles. The van der Waals surface area contributed by atoms with Gasteiger partial charge in [0.25, 0.3) is 0 Å². The molecule has 8 heteroatoms. The molecule has 0 unspecified atom stereocenters. The minimum atomic E-state index is 0.107. The Balaban J connectivity index is 2.24. The number of nitrogens with two attached hydrogens (primary N) is 2. The summed E-state index contributed by atoms with van der Waals surface area (Å²) in [4.78, 5) is 8.14. The third kappa shape index (κ3) is 1.42. The normalized spacial score (nSPS) is 10.8. The topological polar surface area (TPSA) is 132 Å². The highest BCUT2D eigenvalue weighted by Crippen LogP contribution is 2.22. The zero-order valence-corrected chi connectivity index (χ0v) is 8.62. The summed E-state index contributed by atoms with van der Waals surface area (Å²) in [5.74, 6) is 0.588. The molecule has 0 saturated carbocycles. The first kappa shape index (κ1) is 9.46. The fraction of sp³-hybridized carbons (Fsp3) is 0. The van der Waals surface area contributed by atoms with Gasteiger partial charge in [-0.3, -0.25) is 5.10 Å². The number of anilines is 2. The van der Waals surface area contributed by atoms with Gasteiger partial charge in [0.15, 0.2) is 17.3 Å². The second-order valence-electron chi connectivity index (χ2n) is 3.38. The highest BCUT2D eigenvalue weighted by atomic mass is 15.2. The van der Waals surface area contributed by atoms with Gasteiger partial charge in [0.05, 0.1) is 5.39 Å². The van der Waals surface area contributed by atoms with Crippen LogP contribution < -0.4 is 11.5 Å². The van der Waals surface area contributed by atoms with Gasteiger partial charge in [-0.15, -0.1) is 10.2 Å². The second-order valence-corrected chi connectivity index (χ2v) is 3.38. The lowest BCUT2D eigenvalue weighted by Crippen LogP contribution is -2.04. The summed E-state index contributed by atoms with van der Waals surface area (Å²) in [7, 11) is 0. The van der Waals surface area contributed by atoms with E-state index in [1.54, 1.807) is 12.3 Å². The molecule has 0 aliphatic heterocycles. The molecule has 84 valence electrons. The summed E-state index contributed by atoms with van der Waals surface area (Å²) >= 11 is 0. The fourth-order valence-electron chi connectivity index (χ4n) is 1.47. The van der Waals surface area contributed by atoms with Gasteiger partial charge in [0.2, 0.25) is 5.82 Å². The summed E-state index contributed by atoms with van der Waals surface area (Å²) in [6.07, 6.45) is 1.66. The number of hydrogen-bond donors (Lipinski definition) is 3. The average Bonchev–Trinajstić information content (AvgIpc) is 2.76. The molecule has 0 saturated heterocycles. The van der Waals surface area contributed by atoms with Crippen molar-refractivity contribution in [2.75, 3.05) is 11.5 Å². The molecule has 0 radical (unpaired) electrons. The first-order valence-corrected chi connectivity index (χ1v) is 4.81. The van der Waals surface area contributed by atoms with Crippen molar-refractivity contribution in [2.24, 2.45) is 0 Å². The molecule has 0 atom stereocenters. The standard InChI is InChI=1S/C9H8N8/c10-6-7(11)15-17-9(13-6)5-4-2-1-3-12-8(4)16-14-5/h1-3H,(H2,11,15)(H2,10,13,17)(H,12,14,16). The largest absolute Gasteiger partial charge is 0.381 e. The monoisotopic (exact) mass is 228 g/mol. The van der Waals surface area contributed by atoms with Crippen molar-refractivity contribution in [2.45, 2.75) is 0 Å². The molecule has 3 rings (SSSR count). The number of rotatable bonds is 1. The number of aromatic amines is 1. The van der Waals surface area contributed by atoms with Gasteiger partial charge in [-0.2, -0.15) is 5.10 Å². The van der Waals surface area contributed by atoms with E-state index in [4.69, 9.17) is 11.5 Å². The lowest BCUT2D eigenvalue weighted by molar-refractivity contribution is 0.979. The van der Waals surface area contributed by atoms with Gasteiger partial charge in [0.1, 0.15) is 5.69 Å². The van der Waals surface area contributed by atoms with Crippen LogP contribution in [0.4, 0.5) is 11.6 Å². The summed E-state index contributed by atoms with van der Waals surface area (Å²) in [6.45, 7) is 0. The molecule has 3 heterocycles. The summed E-state index contributed by atoms with van der Waals surface area (Å²) in [5, 5.41) is 15.2. The van der Waals surface area contributed by atoms with Gasteiger partial charge < -0.3 is 11.5 Å². The maximum Gasteiger partial charge on any atom is 0.202 e. The van der Waals surface area contributed by atoms with Crippen LogP contribution >= 0.6 is 0 Å². The molecule has 0 bridgehead atoms. The molecule has 8 nitrogen and oxygen atoms in total. The zero-order valence-electron chi connectivity index (χ0n) is 8.62. The van der Waals surface area contributed by atoms with E-state index in [1.807, 2.05) is 6.07 Å². The van der Waals surface area contributed by atoms with E-state index >= 15 is 0 Å². The Morgan fingerprint density at radius 2 is 2.00 bits per heavy atom. The maximum absolute atomic E-state index is 5.58. The number of nitrogens with one attached hydrogen (secondary N) is 1. The fourth-order valence-corrected chi connectivity index (χ4v) is 1.47. The van der Waals surface area contributed by atoms with Crippen LogP contribution in [-0.2, 0) is 0 Å². The molecular weight excluding hydrogens is 220 g/mol. The number of nitrogens with zero attached hydrogens (tertiary/aromatic N) is 5. The number of fused-ring (bicyclic) bond motifs is 1. The first-order chi connectivity index (χ1) is 8.25. The number of nitrogen functional groups attached to an aromatic ring is 2. The summed E-state index contributed by atoms with van der Waals surface area (Å²) < 4.78 is 0. The Bertz CT molecular complexity index is 688. The van der Waals surface area contributed by atoms with E-state index in [9.17, 15) is 0 Å². The Morgan fingerprint density at radius 1 is 1.12 bits per heavy atom. The molecule has 0 aliphatic rings. The number of pyridine rings is 1. The van der Waals surface area contributed by atoms with Crippen molar-refractivity contribution in [3.05, 3.63) is 18.3 Å². The lowest BCUT2D eigenvalue weighted by Gasteiger charge is -1.99. The molecule has 0 spiro atoms. The van der Waals surface area contributed by atoms with E-state index < -0.39 is 0 Å². The molecule has 17 heavy (non-hydrogen) atoms. The van der Waals surface area contributed by atoms with Crippen molar-refractivity contribution >= 4 is 22.7 Å². The molecule has 0 fully saturated rings. The van der Waals surface area contributed by atoms with Crippen molar-refractivity contribution in [1.82, 2.24) is 30.4 Å². The molecule has 3 aromatic rings. The van der Waals surface area contributed by atoms with Crippen molar-refractivity contribution in [1.29, 1.82) is 0 Å². The second kappa shape index (κ2) is 3.37. The minimum absolute atomic E-state index is 0.107. The van der Waals surface area contributed by atoms with Gasteiger partial charge in [-0.25, -0.2) is 9.97 Å². The van der Waals surface area contributed by atoms with Crippen molar-refractivity contribution in [3.63, 3.8) is 0 Å². The van der Waals surface area contributed by atoms with Crippen LogP contribution in [0.5, 0.6) is 0 Å². The van der Waals surface area contributed by atoms with Crippen LogP contribution in [-0.4, -0.2) is 30.4 Å². The predicted molar refractivity (Wildman–Crippen MR) is 61.5 cm³/mol. The SMILES string of the molecule is Nc1nnc(-c2[nH]nc3ncccc23)nc1N. The van der Waals surface area contributed by atoms with Gasteiger partial charge in [0, 0.05) is 6.20 Å². The molecule has 0 aromatic carbocycles. The van der Waals surface area contributed by atoms with Crippen LogP contribution in [0.2, 0.25) is 0 Å². The van der Waals surface area contributed by atoms with Crippen LogP contribution in [0.15, 0.2) is 18.3 Å². The third-order valence-electron chi connectivity index (χ3n) is 2.29. The van der Waals surface area contributed by atoms with E-state index in [2.05, 4.69) is 30.4 Å². The maximum atomic E-state index is 5.58. The highest BCUT2D eigenvalue weighted by molar-refractivity contribution is 5.88. The Morgan fingerprint density at radius 3 is 2.82 bits per heavy atom. The molecule has 5 N–H and O–H groups in total. The number of hydrogen-bond acceptors (Lipinski definition) is 7. The Labute approximate surface area is 95.1 Å². The smallest absolute Gasteiger partial charge is 0.202 e. The number of aromatic nitrogens is 6. The van der Waals surface area contributed by atoms with Gasteiger partial charge in [-0.05, 0) is 12.1 Å². The Hall–Kier alpha value is -2.77. The number of H-pyrrole nitrogens is 1. The molecule has 3 aromatic heterocycles. The lowest BCUT2D eigenvalue weighted by atomic mass is 10.2. The van der Waals surface area contributed by atoms with Gasteiger partial charge in [-0.1, -0.05) is 0 Å². The predicted octanol–water partition coefficient (Wildman–Crippen LogP) is -0.0257. The molecule has 0 amide bonds. The van der Waals surface area contributed by atoms with Crippen molar-refractivity contribution < 1.29 is 0 Å². The van der Waals surface area contributed by atoms with Crippen molar-refractivity contribution in [3.8, 4) is 11.5 Å². The van der Waals surface area contributed by atoms with E-state index in [0.717, 1.165) is 5.39 Å². The van der Waals surface area contributed by atoms with Gasteiger partial charge >= 0.3 is 0 Å². The van der Waals surface area contributed by atoms with Crippen LogP contribution in [0.1, 0.15) is 0 Å².